The van der Waals surface area contributed by atoms with Crippen molar-refractivity contribution in [2.75, 3.05) is 11.9 Å². The zero-order valence-electron chi connectivity index (χ0n) is 22.6. The summed E-state index contributed by atoms with van der Waals surface area (Å²) in [6, 6.07) is 6.69. The predicted molar refractivity (Wildman–Crippen MR) is 152 cm³/mol. The molecule has 0 aliphatic carbocycles. The van der Waals surface area contributed by atoms with Crippen molar-refractivity contribution in [2.24, 2.45) is 10.2 Å². The molecule has 0 unspecified atom stereocenters. The van der Waals surface area contributed by atoms with E-state index < -0.39 is 70.4 Å². The number of aromatic hydroxyl groups is 1. The van der Waals surface area contributed by atoms with Gasteiger partial charge in [-0.1, -0.05) is 6.07 Å². The van der Waals surface area contributed by atoms with E-state index in [1.165, 1.54) is 19.1 Å². The van der Waals surface area contributed by atoms with E-state index in [0.29, 0.717) is 11.9 Å². The smallest absolute Gasteiger partial charge is 0.397 e. The van der Waals surface area contributed by atoms with E-state index >= 15 is 0 Å². The van der Waals surface area contributed by atoms with E-state index in [2.05, 4.69) is 29.7 Å². The molecule has 45 heavy (non-hydrogen) atoms. The number of anilines is 2. The average Bonchev–Trinajstić information content (AvgIpc) is 2.92. The first-order valence-electron chi connectivity index (χ1n) is 12.2. The fourth-order valence-electron chi connectivity index (χ4n) is 4.11. The predicted octanol–water partition coefficient (Wildman–Crippen LogP) is 4.33. The van der Waals surface area contributed by atoms with Crippen molar-refractivity contribution < 1.29 is 57.0 Å². The second kappa shape index (κ2) is 12.6. The van der Waals surface area contributed by atoms with Crippen LogP contribution in [-0.4, -0.2) is 60.6 Å². The molecule has 0 saturated heterocycles. The molecule has 16 nitrogen and oxygen atoms in total. The monoisotopic (exact) mass is 689 g/mol. The van der Waals surface area contributed by atoms with Gasteiger partial charge in [-0.05, 0) is 66.6 Å². The van der Waals surface area contributed by atoms with Gasteiger partial charge in [-0.25, -0.2) is 14.2 Å². The summed E-state index contributed by atoms with van der Waals surface area (Å²) in [4.78, 5) is 5.23. The summed E-state index contributed by atoms with van der Waals surface area (Å²) in [6.07, 6.45) is 0.778. The van der Waals surface area contributed by atoms with Gasteiger partial charge < -0.3 is 10.4 Å². The van der Waals surface area contributed by atoms with Crippen LogP contribution in [0.1, 0.15) is 17.5 Å². The Hall–Kier alpha value is -4.25. The number of fused-ring (bicyclic) bond motifs is 1. The first-order valence-corrected chi connectivity index (χ1v) is 16.4. The maximum Gasteiger partial charge on any atom is 0.397 e. The normalized spacial score (nSPS) is 12.7. The topological polar surface area (TPSA) is 255 Å². The fraction of sp³-hybridized carbons (Fsp3) is 0.167. The first-order chi connectivity index (χ1) is 20.8. The maximum atomic E-state index is 14.3. The fourth-order valence-corrected chi connectivity index (χ4v) is 5.65. The molecule has 240 valence electrons. The highest BCUT2D eigenvalue weighted by molar-refractivity contribution is 7.86. The van der Waals surface area contributed by atoms with Gasteiger partial charge >= 0.3 is 10.4 Å². The molecule has 0 amide bonds. The molecule has 0 saturated carbocycles. The van der Waals surface area contributed by atoms with Gasteiger partial charge in [0.1, 0.15) is 22.6 Å². The molecule has 1 heterocycles. The Bertz CT molecular complexity index is 2180. The van der Waals surface area contributed by atoms with Crippen molar-refractivity contribution >= 4 is 64.3 Å². The van der Waals surface area contributed by atoms with E-state index in [-0.39, 0.29) is 46.2 Å². The van der Waals surface area contributed by atoms with Gasteiger partial charge in [0.05, 0.1) is 17.2 Å². The maximum absolute atomic E-state index is 14.3. The molecule has 4 rings (SSSR count). The first kappa shape index (κ1) is 33.6. The van der Waals surface area contributed by atoms with E-state index in [9.17, 15) is 48.2 Å². The number of hydrogen-bond donors (Lipinski definition) is 5. The molecule has 0 bridgehead atoms. The van der Waals surface area contributed by atoms with Crippen LogP contribution >= 0.6 is 0 Å². The van der Waals surface area contributed by atoms with Crippen LogP contribution in [0.15, 0.2) is 62.7 Å². The van der Waals surface area contributed by atoms with Crippen molar-refractivity contribution in [2.45, 2.75) is 29.6 Å². The number of nitrogens with one attached hydrogen (secondary N) is 1. The van der Waals surface area contributed by atoms with Crippen molar-refractivity contribution in [1.82, 2.24) is 9.97 Å². The Balaban J connectivity index is 1.80. The summed E-state index contributed by atoms with van der Waals surface area (Å²) in [5.74, 6) is -4.51. The lowest BCUT2D eigenvalue weighted by atomic mass is 10.0. The van der Waals surface area contributed by atoms with E-state index in [1.807, 2.05) is 0 Å². The van der Waals surface area contributed by atoms with Gasteiger partial charge in [0, 0.05) is 5.39 Å². The van der Waals surface area contributed by atoms with Crippen molar-refractivity contribution in [1.29, 1.82) is 0 Å². The summed E-state index contributed by atoms with van der Waals surface area (Å²) < 4.78 is 130. The SMILES string of the molecule is Cc1cc2cc(S(=O)(=O)O)cc(Nc3ncnc(F)c3F)c2c(O)c1N=Nc1ccc(CCCOS(=O)(=O)O)cc1S(=O)(=O)O. The number of rotatable bonds is 11. The summed E-state index contributed by atoms with van der Waals surface area (Å²) in [5, 5.41) is 21.1. The molecule has 0 aliphatic rings. The van der Waals surface area contributed by atoms with Crippen LogP contribution in [0, 0.1) is 18.7 Å². The summed E-state index contributed by atoms with van der Waals surface area (Å²) >= 11 is 0. The van der Waals surface area contributed by atoms with Crippen molar-refractivity contribution in [3.63, 3.8) is 0 Å². The zero-order valence-corrected chi connectivity index (χ0v) is 25.0. The number of hydrogen-bond acceptors (Lipinski definition) is 13. The summed E-state index contributed by atoms with van der Waals surface area (Å²) in [5.41, 5.74) is -0.568. The molecule has 5 N–H and O–H groups in total. The third-order valence-corrected chi connectivity index (χ3v) is 8.23. The number of halogens is 2. The summed E-state index contributed by atoms with van der Waals surface area (Å²) in [7, 11) is -14.4. The highest BCUT2D eigenvalue weighted by Crippen LogP contribution is 2.44. The highest BCUT2D eigenvalue weighted by Gasteiger charge is 2.22. The Labute approximate surface area is 253 Å². The Kier molecular flexibility index (Phi) is 9.44. The van der Waals surface area contributed by atoms with Crippen LogP contribution in [0.5, 0.6) is 5.75 Å². The Morgan fingerprint density at radius 3 is 2.29 bits per heavy atom. The molecular weight excluding hydrogens is 668 g/mol. The molecule has 1 aromatic heterocycles. The van der Waals surface area contributed by atoms with Crippen LogP contribution in [0.25, 0.3) is 10.8 Å². The lowest BCUT2D eigenvalue weighted by Gasteiger charge is -2.15. The van der Waals surface area contributed by atoms with Crippen LogP contribution in [0.4, 0.5) is 31.7 Å². The number of aryl methyl sites for hydroxylation is 2. The van der Waals surface area contributed by atoms with E-state index in [1.54, 1.807) is 0 Å². The largest absolute Gasteiger partial charge is 0.505 e. The quantitative estimate of drug-likeness (QED) is 0.0636. The number of nitrogens with zero attached hydrogens (tertiary/aromatic N) is 4. The van der Waals surface area contributed by atoms with Gasteiger partial charge in [-0.2, -0.15) is 34.0 Å². The van der Waals surface area contributed by atoms with Crippen LogP contribution in [-0.2, 0) is 41.2 Å². The minimum absolute atomic E-state index is 0.0162. The molecule has 0 atom stereocenters. The molecule has 0 aliphatic heterocycles. The van der Waals surface area contributed by atoms with Gasteiger partial charge in [0.25, 0.3) is 26.2 Å². The van der Waals surface area contributed by atoms with Gasteiger partial charge in [0.2, 0.25) is 5.82 Å². The molecule has 21 heteroatoms. The lowest BCUT2D eigenvalue weighted by molar-refractivity contribution is 0.265. The highest BCUT2D eigenvalue weighted by atomic mass is 32.3. The van der Waals surface area contributed by atoms with Crippen LogP contribution in [0.3, 0.4) is 0 Å². The third-order valence-electron chi connectivity index (χ3n) is 6.05. The van der Waals surface area contributed by atoms with Crippen LogP contribution < -0.4 is 5.32 Å². The average molecular weight is 690 g/mol. The molecule has 3 aromatic carbocycles. The Morgan fingerprint density at radius 2 is 1.64 bits per heavy atom. The minimum atomic E-state index is -4.89. The molecular formula is C24H21F2N5O11S3. The molecule has 0 radical (unpaired) electrons. The number of phenols is 1. The minimum Gasteiger partial charge on any atom is -0.505 e. The second-order valence-electron chi connectivity index (χ2n) is 9.22. The second-order valence-corrected chi connectivity index (χ2v) is 13.1. The molecule has 4 aromatic rings. The number of benzene rings is 3. The van der Waals surface area contributed by atoms with Crippen molar-refractivity contribution in [3.05, 3.63) is 65.6 Å². The van der Waals surface area contributed by atoms with Gasteiger partial charge in [-0.15, -0.1) is 10.2 Å². The molecule has 0 fully saturated rings. The van der Waals surface area contributed by atoms with Gasteiger partial charge in [-0.3, -0.25) is 13.7 Å². The van der Waals surface area contributed by atoms with E-state index in [0.717, 1.165) is 24.3 Å². The van der Waals surface area contributed by atoms with Crippen LogP contribution in [0.2, 0.25) is 0 Å². The zero-order chi connectivity index (χ0) is 33.3. The summed E-state index contributed by atoms with van der Waals surface area (Å²) in [6.45, 7) is 1.01. The Morgan fingerprint density at radius 1 is 0.933 bits per heavy atom. The lowest BCUT2D eigenvalue weighted by Crippen LogP contribution is -2.06. The standard InChI is InChI=1S/C24H21F2N5O11S3/c1-12-7-14-9-15(43(33,34)35)10-17(29-24-20(25)23(26)27-11-28-24)19(14)22(32)21(12)31-30-16-5-4-13(8-18(16)44(36,37)38)3-2-6-42-45(39,40)41/h4-5,7-11,32H,2-3,6H2,1H3,(H,27,28,29)(H,33,34,35)(H,36,37,38)(H,39,40,41). The number of phenolic OH excluding ortho intramolecular Hbond substituents is 1. The van der Waals surface area contributed by atoms with E-state index in [4.69, 9.17) is 4.55 Å². The number of azo groups is 1. The molecule has 0 spiro atoms. The van der Waals surface area contributed by atoms with Crippen molar-refractivity contribution in [3.8, 4) is 5.75 Å². The number of aromatic nitrogens is 2. The third kappa shape index (κ3) is 8.08. The van der Waals surface area contributed by atoms with Gasteiger partial charge in [0.15, 0.2) is 11.6 Å².